The van der Waals surface area contributed by atoms with E-state index in [-0.39, 0.29) is 17.7 Å². The first-order valence-corrected chi connectivity index (χ1v) is 13.1. The smallest absolute Gasteiger partial charge is 0.246 e. The fourth-order valence-corrected chi connectivity index (χ4v) is 5.58. The molecule has 1 fully saturated rings. The maximum absolute atomic E-state index is 13.3. The van der Waals surface area contributed by atoms with E-state index in [0.717, 1.165) is 34.5 Å². The molecule has 0 radical (unpaired) electrons. The average Bonchev–Trinajstić information content (AvgIpc) is 3.45. The van der Waals surface area contributed by atoms with Crippen molar-refractivity contribution in [3.8, 4) is 10.4 Å². The largest absolute Gasteiger partial charge is 0.340 e. The Labute approximate surface area is 213 Å². The summed E-state index contributed by atoms with van der Waals surface area (Å²) < 4.78 is 1.47. The summed E-state index contributed by atoms with van der Waals surface area (Å²) in [5, 5.41) is 0. The SMILES string of the molecule is CCC[C@@H](C(=O)N1CCC[C@H]1C(=O)N(C)Cc1ccc(-c2scnc2C)cc1)N(I)C(C)=O. The molecule has 1 aromatic carbocycles. The summed E-state index contributed by atoms with van der Waals surface area (Å²) in [6.45, 7) is 6.48. The third-order valence-electron chi connectivity index (χ3n) is 6.00. The molecule has 33 heavy (non-hydrogen) atoms. The van der Waals surface area contributed by atoms with Crippen LogP contribution in [-0.2, 0) is 20.9 Å². The van der Waals surface area contributed by atoms with Gasteiger partial charge in [-0.15, -0.1) is 11.3 Å². The van der Waals surface area contributed by atoms with E-state index in [9.17, 15) is 14.4 Å². The number of rotatable bonds is 8. The molecule has 3 amide bonds. The Kier molecular flexibility index (Phi) is 8.86. The summed E-state index contributed by atoms with van der Waals surface area (Å²) in [4.78, 5) is 47.3. The van der Waals surface area contributed by atoms with Crippen LogP contribution >= 0.6 is 34.2 Å². The molecule has 2 heterocycles. The highest BCUT2D eigenvalue weighted by molar-refractivity contribution is 14.1. The number of aromatic nitrogens is 1. The number of halogens is 1. The van der Waals surface area contributed by atoms with Crippen LogP contribution in [0.4, 0.5) is 0 Å². The molecular weight excluding hydrogens is 551 g/mol. The second-order valence-corrected chi connectivity index (χ2v) is 10.4. The molecule has 0 spiro atoms. The van der Waals surface area contributed by atoms with Gasteiger partial charge >= 0.3 is 0 Å². The number of aryl methyl sites for hydroxylation is 1. The Morgan fingerprint density at radius 2 is 1.97 bits per heavy atom. The van der Waals surface area contributed by atoms with Gasteiger partial charge in [-0.3, -0.25) is 17.5 Å². The lowest BCUT2D eigenvalue weighted by molar-refractivity contribution is -0.146. The normalized spacial score (nSPS) is 16.5. The lowest BCUT2D eigenvalue weighted by Gasteiger charge is -2.33. The second kappa shape index (κ2) is 11.4. The summed E-state index contributed by atoms with van der Waals surface area (Å²) in [5.41, 5.74) is 5.02. The van der Waals surface area contributed by atoms with Crippen LogP contribution in [0.1, 0.15) is 50.8 Å². The monoisotopic (exact) mass is 582 g/mol. The van der Waals surface area contributed by atoms with Gasteiger partial charge in [-0.2, -0.15) is 0 Å². The van der Waals surface area contributed by atoms with Crippen molar-refractivity contribution in [3.05, 3.63) is 41.0 Å². The predicted octanol–water partition coefficient (Wildman–Crippen LogP) is 4.44. The first-order chi connectivity index (χ1) is 15.7. The van der Waals surface area contributed by atoms with Crippen molar-refractivity contribution in [1.29, 1.82) is 0 Å². The van der Waals surface area contributed by atoms with E-state index in [1.807, 2.05) is 54.4 Å². The van der Waals surface area contributed by atoms with Crippen LogP contribution < -0.4 is 0 Å². The van der Waals surface area contributed by atoms with Crippen LogP contribution in [0.5, 0.6) is 0 Å². The Morgan fingerprint density at radius 1 is 1.27 bits per heavy atom. The minimum Gasteiger partial charge on any atom is -0.340 e. The van der Waals surface area contributed by atoms with Crippen molar-refractivity contribution in [2.24, 2.45) is 0 Å². The van der Waals surface area contributed by atoms with E-state index in [2.05, 4.69) is 17.1 Å². The quantitative estimate of drug-likeness (QED) is 0.341. The molecule has 2 aromatic rings. The van der Waals surface area contributed by atoms with Crippen molar-refractivity contribution in [1.82, 2.24) is 17.9 Å². The van der Waals surface area contributed by atoms with Gasteiger partial charge in [0.1, 0.15) is 12.1 Å². The second-order valence-electron chi connectivity index (χ2n) is 8.48. The van der Waals surface area contributed by atoms with Gasteiger partial charge in [0.25, 0.3) is 0 Å². The molecule has 0 N–H and O–H groups in total. The molecule has 7 nitrogen and oxygen atoms in total. The predicted molar refractivity (Wildman–Crippen MR) is 139 cm³/mol. The Hall–Kier alpha value is -2.01. The standard InChI is InChI=1S/C24H31IN4O3S/c1-5-7-21(29(25)17(3)30)24(32)28-13-6-8-20(28)23(31)27(4)14-18-9-11-19(12-10-18)22-16(2)26-15-33-22/h9-12,15,20-21H,5-8,13-14H2,1-4H3/t20-,21-/m0/s1. The molecule has 178 valence electrons. The molecule has 1 aromatic heterocycles. The van der Waals surface area contributed by atoms with Gasteiger partial charge in [0.15, 0.2) is 0 Å². The highest BCUT2D eigenvalue weighted by atomic mass is 127. The summed E-state index contributed by atoms with van der Waals surface area (Å²) in [6.07, 6.45) is 2.81. The molecule has 0 saturated carbocycles. The van der Waals surface area contributed by atoms with Crippen LogP contribution in [0.2, 0.25) is 0 Å². The zero-order valence-electron chi connectivity index (χ0n) is 19.6. The minimum atomic E-state index is -0.533. The minimum absolute atomic E-state index is 0.0543. The summed E-state index contributed by atoms with van der Waals surface area (Å²) in [6, 6.07) is 7.19. The Balaban J connectivity index is 1.68. The van der Waals surface area contributed by atoms with E-state index < -0.39 is 12.1 Å². The van der Waals surface area contributed by atoms with Gasteiger partial charge in [-0.05, 0) is 37.3 Å². The number of benzene rings is 1. The molecule has 2 atom stereocenters. The van der Waals surface area contributed by atoms with Gasteiger partial charge in [0, 0.05) is 27.1 Å². The third kappa shape index (κ3) is 5.92. The fourth-order valence-electron chi connectivity index (χ4n) is 4.25. The molecular formula is C24H31IN4O3S. The van der Waals surface area contributed by atoms with Crippen LogP contribution in [0.3, 0.4) is 0 Å². The van der Waals surface area contributed by atoms with Crippen molar-refractivity contribution < 1.29 is 14.4 Å². The zero-order valence-corrected chi connectivity index (χ0v) is 22.6. The number of amides is 3. The fraction of sp³-hybridized carbons (Fsp3) is 0.500. The number of thiazole rings is 1. The van der Waals surface area contributed by atoms with Crippen LogP contribution in [0.15, 0.2) is 29.8 Å². The van der Waals surface area contributed by atoms with E-state index in [4.69, 9.17) is 0 Å². The number of hydrogen-bond donors (Lipinski definition) is 0. The van der Waals surface area contributed by atoms with Gasteiger partial charge in [0.05, 0.1) is 38.9 Å². The molecule has 0 bridgehead atoms. The highest BCUT2D eigenvalue weighted by Crippen LogP contribution is 2.28. The zero-order chi connectivity index (χ0) is 24.1. The van der Waals surface area contributed by atoms with E-state index in [1.165, 1.54) is 10.0 Å². The van der Waals surface area contributed by atoms with E-state index in [0.29, 0.717) is 25.9 Å². The van der Waals surface area contributed by atoms with Crippen molar-refractivity contribution in [2.75, 3.05) is 13.6 Å². The molecule has 1 aliphatic heterocycles. The third-order valence-corrected chi connectivity index (χ3v) is 8.33. The first kappa shape index (κ1) is 25.6. The molecule has 1 saturated heterocycles. The van der Waals surface area contributed by atoms with Crippen molar-refractivity contribution in [3.63, 3.8) is 0 Å². The lowest BCUT2D eigenvalue weighted by atomic mass is 10.1. The maximum atomic E-state index is 13.3. The molecule has 0 aliphatic carbocycles. The number of likely N-dealkylation sites (N-methyl/N-ethyl adjacent to an activating group) is 1. The Morgan fingerprint density at radius 3 is 2.55 bits per heavy atom. The van der Waals surface area contributed by atoms with Crippen LogP contribution in [0, 0.1) is 6.92 Å². The van der Waals surface area contributed by atoms with Crippen molar-refractivity contribution in [2.45, 2.75) is 65.1 Å². The summed E-state index contributed by atoms with van der Waals surface area (Å²) in [5.74, 6) is -0.338. The number of hydrogen-bond acceptors (Lipinski definition) is 5. The van der Waals surface area contributed by atoms with E-state index in [1.54, 1.807) is 28.2 Å². The van der Waals surface area contributed by atoms with E-state index >= 15 is 0 Å². The van der Waals surface area contributed by atoms with Gasteiger partial charge < -0.3 is 9.80 Å². The van der Waals surface area contributed by atoms with Gasteiger partial charge in [-0.25, -0.2) is 4.98 Å². The number of carbonyl (C=O) groups excluding carboxylic acids is 3. The summed E-state index contributed by atoms with van der Waals surface area (Å²) in [7, 11) is 1.79. The molecule has 0 unspecified atom stereocenters. The first-order valence-electron chi connectivity index (χ1n) is 11.2. The number of nitrogens with zero attached hydrogens (tertiary/aromatic N) is 4. The Bertz CT molecular complexity index is 994. The molecule has 3 rings (SSSR count). The molecule has 9 heteroatoms. The van der Waals surface area contributed by atoms with Gasteiger partial charge in [-0.1, -0.05) is 37.6 Å². The number of carbonyl (C=O) groups is 3. The topological polar surface area (TPSA) is 73.8 Å². The number of likely N-dealkylation sites (tertiary alicyclic amines) is 1. The van der Waals surface area contributed by atoms with Crippen molar-refractivity contribution >= 4 is 51.9 Å². The van der Waals surface area contributed by atoms with Gasteiger partial charge in [0.2, 0.25) is 17.7 Å². The average molecular weight is 583 g/mol. The maximum Gasteiger partial charge on any atom is 0.246 e. The molecule has 1 aliphatic rings. The van der Waals surface area contributed by atoms with Crippen LogP contribution in [-0.4, -0.2) is 61.3 Å². The summed E-state index contributed by atoms with van der Waals surface area (Å²) >= 11 is 3.54. The van der Waals surface area contributed by atoms with Crippen LogP contribution in [0.25, 0.3) is 10.4 Å². The highest BCUT2D eigenvalue weighted by Gasteiger charge is 2.40. The lowest BCUT2D eigenvalue weighted by Crippen LogP contribution is -2.52.